The molecule has 0 saturated carbocycles. The van der Waals surface area contributed by atoms with Crippen LogP contribution in [0, 0.1) is 0 Å². The van der Waals surface area contributed by atoms with Crippen LogP contribution >= 0.6 is 127 Å². The van der Waals surface area contributed by atoms with Crippen LogP contribution in [0.25, 0.3) is 89.7 Å². The van der Waals surface area contributed by atoms with Crippen molar-refractivity contribution in [1.82, 2.24) is 39.9 Å². The second-order valence-corrected chi connectivity index (χ2v) is 30.5. The summed E-state index contributed by atoms with van der Waals surface area (Å²) < 4.78 is 61.3. The van der Waals surface area contributed by atoms with E-state index in [1.165, 1.54) is 0 Å². The van der Waals surface area contributed by atoms with Gasteiger partial charge in [-0.1, -0.05) is 158 Å². The van der Waals surface area contributed by atoms with Crippen LogP contribution < -0.4 is 37.9 Å². The molecule has 16 nitrogen and oxygen atoms in total. The average molecular weight is 1830 g/mol. The molecule has 3 aromatic heterocycles. The maximum Gasteiger partial charge on any atom is 0.168 e. The van der Waals surface area contributed by atoms with Crippen molar-refractivity contribution < 1.29 is 37.9 Å². The normalized spacial score (nSPS) is 11.8. The summed E-state index contributed by atoms with van der Waals surface area (Å²) >= 11 is 32.4. The predicted octanol–water partition coefficient (Wildman–Crippen LogP) is 25.5. The molecule has 0 aliphatic carbocycles. The first kappa shape index (κ1) is 76.7. The van der Waals surface area contributed by atoms with Gasteiger partial charge in [0, 0.05) is 0 Å². The molecule has 7 aromatic rings. The Morgan fingerprint density at radius 2 is 0.375 bits per heavy atom. The van der Waals surface area contributed by atoms with Crippen molar-refractivity contribution in [3.05, 3.63) is 35.8 Å². The molecule has 522 valence electrons. The lowest BCUT2D eigenvalue weighted by atomic mass is 10.1. The number of halogens is 8. The maximum atomic E-state index is 7.01. The van der Waals surface area contributed by atoms with E-state index in [1.54, 1.807) is 0 Å². The van der Waals surface area contributed by atoms with E-state index in [9.17, 15) is 0 Å². The van der Waals surface area contributed by atoms with E-state index in [0.717, 1.165) is 154 Å². The van der Waals surface area contributed by atoms with Gasteiger partial charge in [0.05, 0.1) is 132 Å². The number of rotatable bonds is 40. The number of H-pyrrole nitrogens is 2. The smallest absolute Gasteiger partial charge is 0.168 e. The first-order chi connectivity index (χ1) is 46.7. The quantitative estimate of drug-likeness (QED) is 0.0346. The van der Waals surface area contributed by atoms with E-state index in [0.29, 0.717) is 224 Å². The molecule has 2 N–H and O–H groups in total. The number of nitrogens with one attached hydrogen (secondary N) is 2. The molecule has 0 atom stereocenters. The van der Waals surface area contributed by atoms with Gasteiger partial charge >= 0.3 is 0 Å². The van der Waals surface area contributed by atoms with E-state index in [1.807, 2.05) is 0 Å². The van der Waals surface area contributed by atoms with Crippen LogP contribution in [0.5, 0.6) is 46.0 Å². The molecule has 0 saturated heterocycles. The van der Waals surface area contributed by atoms with E-state index in [2.05, 4.69) is 193 Å². The number of aromatic nitrogens is 8. The van der Waals surface area contributed by atoms with Gasteiger partial charge in [0.15, 0.2) is 23.3 Å². The zero-order valence-electron chi connectivity index (χ0n) is 56.6. The summed E-state index contributed by atoms with van der Waals surface area (Å²) in [4.78, 5) is 41.7. The van der Waals surface area contributed by atoms with Crippen LogP contribution in [0.4, 0.5) is 0 Å². The van der Waals surface area contributed by atoms with Crippen molar-refractivity contribution in [3.63, 3.8) is 0 Å². The lowest BCUT2D eigenvalue weighted by molar-refractivity contribution is 0.297. The van der Waals surface area contributed by atoms with Gasteiger partial charge in [-0.05, 0) is 179 Å². The fraction of sp³-hybridized carbons (Fsp3) is 0.556. The van der Waals surface area contributed by atoms with E-state index in [4.69, 9.17) is 67.8 Å². The standard InChI is InChI=1S/C72H90Br8N8O8/c1-9-17-25-33-89-57-41-42(58(50(74)49(57)73)90-34-26-18-10-2)66-81-65(41)85-67-43-44(60(92-36-28-20-12-4)52(76)51(75)59(43)91-35-27-19-11-3)69(82-67)87-71-47-48(64(96-40-32-24-16-8)56(80)55(79)63(47)95-39-31-23-15-7)72(84-71)88-70-46-45(68(83-70)86-66)61(93-37-29-21-13-5)53(77)54(78)62(46)94-38-30-22-14-6/h9-40H2,1-8H3,(H2,81,82,83,84,85,86,87,88). The molecule has 0 amide bonds. The van der Waals surface area contributed by atoms with Crippen molar-refractivity contribution in [2.45, 2.75) is 209 Å². The Kier molecular flexibility index (Phi) is 30.3. The highest BCUT2D eigenvalue weighted by molar-refractivity contribution is 9.14. The van der Waals surface area contributed by atoms with Gasteiger partial charge < -0.3 is 47.9 Å². The van der Waals surface area contributed by atoms with E-state index < -0.39 is 0 Å². The van der Waals surface area contributed by atoms with Gasteiger partial charge in [-0.25, -0.2) is 29.9 Å². The molecule has 0 radical (unpaired) electrons. The zero-order valence-corrected chi connectivity index (χ0v) is 69.3. The molecule has 0 unspecified atom stereocenters. The number of benzene rings is 4. The monoisotopic (exact) mass is 1830 g/mol. The number of hydrogen-bond acceptors (Lipinski definition) is 14. The molecule has 5 heterocycles. The van der Waals surface area contributed by atoms with Crippen LogP contribution in [0.2, 0.25) is 0 Å². The van der Waals surface area contributed by atoms with Crippen LogP contribution in [-0.2, 0) is 0 Å². The molecule has 96 heavy (non-hydrogen) atoms. The highest BCUT2D eigenvalue weighted by Crippen LogP contribution is 2.59. The average Bonchev–Trinajstić information content (AvgIpc) is 1.55. The molecule has 0 fully saturated rings. The molecule has 9 rings (SSSR count). The summed E-state index contributed by atoms with van der Waals surface area (Å²) in [6, 6.07) is 0. The summed E-state index contributed by atoms with van der Waals surface area (Å²) in [5.74, 6) is 5.44. The minimum atomic E-state index is 0.297. The second kappa shape index (κ2) is 37.9. The third-order valence-electron chi connectivity index (χ3n) is 16.7. The topological polar surface area (TPSA) is 183 Å². The van der Waals surface area contributed by atoms with Gasteiger partial charge in [-0.2, -0.15) is 0 Å². The highest BCUT2D eigenvalue weighted by Gasteiger charge is 2.37. The van der Waals surface area contributed by atoms with Gasteiger partial charge in [-0.15, -0.1) is 0 Å². The molecule has 24 heteroatoms. The molecule has 0 spiro atoms. The summed E-state index contributed by atoms with van der Waals surface area (Å²) in [5, 5.41) is 2.42. The van der Waals surface area contributed by atoms with E-state index >= 15 is 0 Å². The molecule has 8 bridgehead atoms. The van der Waals surface area contributed by atoms with Crippen molar-refractivity contribution in [3.8, 4) is 91.5 Å². The van der Waals surface area contributed by atoms with Crippen LogP contribution in [0.1, 0.15) is 209 Å². The first-order valence-electron chi connectivity index (χ1n) is 34.8. The Balaban J connectivity index is 1.59. The van der Waals surface area contributed by atoms with E-state index in [-0.39, 0.29) is 0 Å². The van der Waals surface area contributed by atoms with Gasteiger partial charge in [0.25, 0.3) is 0 Å². The zero-order chi connectivity index (χ0) is 68.4. The largest absolute Gasteiger partial charge is 0.492 e. The molecule has 4 aromatic carbocycles. The Morgan fingerprint density at radius 3 is 0.542 bits per heavy atom. The Bertz CT molecular complexity index is 3520. The number of aromatic amines is 2. The Labute approximate surface area is 633 Å². The fourth-order valence-electron chi connectivity index (χ4n) is 11.6. The highest BCUT2D eigenvalue weighted by atomic mass is 79.9. The summed E-state index contributed by atoms with van der Waals surface area (Å²) in [7, 11) is 0. The van der Waals surface area contributed by atoms with Crippen LogP contribution in [0.3, 0.4) is 0 Å². The SMILES string of the molecule is CCCCCOc1c(Br)c(Br)c(OCCCCC)c2c1-c1nc-2nc2[nH]c(nc3nc(nc4[nH]c(n1)c1c(OCCCCC)c(Br)c(Br)c(OCCCCC)c41)-c1c(OCCCCC)c(Br)c(Br)c(OCCCCC)c1-3)c1c(OCCCCC)c(Br)c(Br)c(OCCCCC)c21. The predicted molar refractivity (Wildman–Crippen MR) is 418 cm³/mol. The third-order valence-corrected chi connectivity index (χ3v) is 24.9. The lowest BCUT2D eigenvalue weighted by Crippen LogP contribution is -2.04. The summed E-state index contributed by atoms with van der Waals surface area (Å²) in [6.07, 6.45) is 22.4. The molecular weight excluding hydrogens is 1740 g/mol. The second-order valence-electron chi connectivity index (χ2n) is 24.2. The molecule has 2 aliphatic rings. The van der Waals surface area contributed by atoms with Crippen LogP contribution in [0.15, 0.2) is 35.8 Å². The van der Waals surface area contributed by atoms with Crippen LogP contribution in [-0.4, -0.2) is 92.7 Å². The minimum absolute atomic E-state index is 0.297. The number of fused-ring (bicyclic) bond motifs is 20. The minimum Gasteiger partial charge on any atom is -0.492 e. The number of nitrogens with zero attached hydrogens (tertiary/aromatic N) is 6. The maximum absolute atomic E-state index is 7.01. The van der Waals surface area contributed by atoms with Gasteiger partial charge in [0.2, 0.25) is 0 Å². The first-order valence-corrected chi connectivity index (χ1v) is 41.1. The Hall–Kier alpha value is -3.52. The van der Waals surface area contributed by atoms with Crippen molar-refractivity contribution in [2.75, 3.05) is 52.9 Å². The fourth-order valence-corrected chi connectivity index (χ4v) is 15.6. The van der Waals surface area contributed by atoms with Gasteiger partial charge in [0.1, 0.15) is 68.6 Å². The molecule has 2 aliphatic heterocycles. The lowest BCUT2D eigenvalue weighted by Gasteiger charge is -2.19. The number of hydrogen-bond donors (Lipinski definition) is 2. The number of unbranched alkanes of at least 4 members (excludes halogenated alkanes) is 16. The summed E-state index contributed by atoms with van der Waals surface area (Å²) in [5.41, 5.74) is 3.85. The van der Waals surface area contributed by atoms with Crippen molar-refractivity contribution in [2.24, 2.45) is 0 Å². The van der Waals surface area contributed by atoms with Crippen molar-refractivity contribution in [1.29, 1.82) is 0 Å². The van der Waals surface area contributed by atoms with Gasteiger partial charge in [-0.3, -0.25) is 0 Å². The van der Waals surface area contributed by atoms with Crippen molar-refractivity contribution >= 4 is 172 Å². The number of ether oxygens (including phenoxy) is 8. The Morgan fingerprint density at radius 1 is 0.219 bits per heavy atom. The summed E-state index contributed by atoms with van der Waals surface area (Å²) in [6.45, 7) is 20.9. The molecular formula is C72H90Br8N8O8. The third kappa shape index (κ3) is 17.3.